The number of pyridine rings is 1. The van der Waals surface area contributed by atoms with Crippen LogP contribution in [0.25, 0.3) is 33.2 Å². The van der Waals surface area contributed by atoms with Gasteiger partial charge in [-0.15, -0.1) is 0 Å². The number of hydrogen-bond acceptors (Lipinski definition) is 5. The maximum Gasteiger partial charge on any atom is 0.155 e. The Morgan fingerprint density at radius 2 is 1.78 bits per heavy atom. The summed E-state index contributed by atoms with van der Waals surface area (Å²) in [6.45, 7) is 2.13. The minimum absolute atomic E-state index is 0.488. The summed E-state index contributed by atoms with van der Waals surface area (Å²) in [6.07, 6.45) is 4.26. The van der Waals surface area contributed by atoms with E-state index in [0.29, 0.717) is 22.4 Å². The molecule has 1 aliphatic rings. The van der Waals surface area contributed by atoms with Crippen LogP contribution in [-0.4, -0.2) is 23.3 Å². The number of fused-ring (bicyclic) bond motifs is 2. The number of anilines is 1. The summed E-state index contributed by atoms with van der Waals surface area (Å²) in [5.74, 6) is 0.579. The summed E-state index contributed by atoms with van der Waals surface area (Å²) in [5, 5.41) is 16.5. The molecule has 2 aromatic carbocycles. The van der Waals surface area contributed by atoms with Gasteiger partial charge in [0.1, 0.15) is 16.6 Å². The van der Waals surface area contributed by atoms with Gasteiger partial charge >= 0.3 is 0 Å². The largest absolute Gasteiger partial charge is 0.454 e. The third kappa shape index (κ3) is 2.81. The van der Waals surface area contributed by atoms with Crippen LogP contribution in [-0.2, 0) is 0 Å². The maximum absolute atomic E-state index is 9.58. The molecule has 0 unspecified atom stereocenters. The van der Waals surface area contributed by atoms with Crippen LogP contribution in [0, 0.1) is 0 Å². The van der Waals surface area contributed by atoms with Gasteiger partial charge < -0.3 is 14.5 Å². The van der Waals surface area contributed by atoms with Crippen molar-refractivity contribution in [2.45, 2.75) is 12.8 Å². The molecule has 0 bridgehead atoms. The molecular weight excluding hydrogens is 338 g/mol. The van der Waals surface area contributed by atoms with Crippen molar-refractivity contribution in [2.24, 2.45) is 5.16 Å². The molecule has 2 aromatic heterocycles. The summed E-state index contributed by atoms with van der Waals surface area (Å²) in [7, 11) is 0. The molecule has 3 heterocycles. The van der Waals surface area contributed by atoms with E-state index in [1.807, 2.05) is 48.7 Å². The zero-order valence-electron chi connectivity index (χ0n) is 14.8. The van der Waals surface area contributed by atoms with Crippen molar-refractivity contribution < 1.29 is 9.62 Å². The highest BCUT2D eigenvalue weighted by Gasteiger charge is 2.14. The predicted octanol–water partition coefficient (Wildman–Crippen LogP) is 4.54. The molecule has 1 N–H and O–H groups in total. The third-order valence-electron chi connectivity index (χ3n) is 5.19. The fourth-order valence-corrected chi connectivity index (χ4v) is 3.76. The molecule has 0 spiro atoms. The second kappa shape index (κ2) is 6.43. The lowest BCUT2D eigenvalue weighted by Crippen LogP contribution is -2.17. The van der Waals surface area contributed by atoms with Gasteiger partial charge in [0.15, 0.2) is 5.76 Å². The van der Waals surface area contributed by atoms with E-state index in [2.05, 4.69) is 21.1 Å². The lowest BCUT2D eigenvalue weighted by atomic mass is 10.1. The van der Waals surface area contributed by atoms with E-state index in [-0.39, 0.29) is 0 Å². The topological polar surface area (TPSA) is 61.9 Å². The highest BCUT2D eigenvalue weighted by Crippen LogP contribution is 2.27. The van der Waals surface area contributed by atoms with Gasteiger partial charge in [-0.1, -0.05) is 29.4 Å². The van der Waals surface area contributed by atoms with Crippen molar-refractivity contribution in [1.29, 1.82) is 0 Å². The third-order valence-corrected chi connectivity index (χ3v) is 5.19. The zero-order valence-corrected chi connectivity index (χ0v) is 14.8. The molecule has 1 fully saturated rings. The van der Waals surface area contributed by atoms with Crippen LogP contribution in [0.4, 0.5) is 5.69 Å². The van der Waals surface area contributed by atoms with Gasteiger partial charge in [0, 0.05) is 41.8 Å². The number of nitrogens with zero attached hydrogens (tertiary/aromatic N) is 3. The summed E-state index contributed by atoms with van der Waals surface area (Å²) < 4.78 is 6.10. The van der Waals surface area contributed by atoms with Gasteiger partial charge in [0.25, 0.3) is 0 Å². The van der Waals surface area contributed by atoms with E-state index in [1.165, 1.54) is 12.8 Å². The smallest absolute Gasteiger partial charge is 0.155 e. The molecule has 5 nitrogen and oxygen atoms in total. The van der Waals surface area contributed by atoms with Crippen LogP contribution in [0.2, 0.25) is 0 Å². The summed E-state index contributed by atoms with van der Waals surface area (Å²) in [5.41, 5.74) is 2.53. The van der Waals surface area contributed by atoms with E-state index in [0.717, 1.165) is 34.9 Å². The molecule has 134 valence electrons. The van der Waals surface area contributed by atoms with Crippen molar-refractivity contribution in [2.75, 3.05) is 18.0 Å². The Kier molecular flexibility index (Phi) is 3.78. The monoisotopic (exact) mass is 357 g/mol. The summed E-state index contributed by atoms with van der Waals surface area (Å²) in [6, 6.07) is 17.8. The van der Waals surface area contributed by atoms with Crippen LogP contribution in [0.5, 0.6) is 0 Å². The molecule has 1 aliphatic heterocycles. The van der Waals surface area contributed by atoms with Crippen LogP contribution >= 0.6 is 0 Å². The molecule has 5 rings (SSSR count). The number of aromatic nitrogens is 1. The average molecular weight is 357 g/mol. The van der Waals surface area contributed by atoms with Crippen molar-refractivity contribution in [1.82, 2.24) is 4.98 Å². The number of rotatable bonds is 2. The van der Waals surface area contributed by atoms with Gasteiger partial charge in [-0.3, -0.25) is 4.98 Å². The fourth-order valence-electron chi connectivity index (χ4n) is 3.76. The van der Waals surface area contributed by atoms with Crippen molar-refractivity contribution >= 4 is 27.4 Å². The molecule has 0 radical (unpaired) electrons. The second-order valence-electron chi connectivity index (χ2n) is 6.89. The summed E-state index contributed by atoms with van der Waals surface area (Å²) in [4.78, 5) is 6.86. The number of hydrogen-bond donors (Lipinski definition) is 1. The minimum atomic E-state index is 0.488. The van der Waals surface area contributed by atoms with E-state index >= 15 is 0 Å². The Morgan fingerprint density at radius 1 is 0.963 bits per heavy atom. The zero-order chi connectivity index (χ0) is 18.2. The van der Waals surface area contributed by atoms with Crippen LogP contribution in [0.15, 0.2) is 70.4 Å². The number of benzene rings is 2. The highest BCUT2D eigenvalue weighted by atomic mass is 16.4. The standard InChI is InChI=1S/C22H19N3O2/c26-24-19-13-22(20-11-15-5-1-2-6-16(15)14-23-20)27-21-8-7-17(12-18(19)21)25-9-3-4-10-25/h1-2,5-8,11-14,26H,3-4,9-10H2/b24-19-. The molecule has 0 atom stereocenters. The van der Waals surface area contributed by atoms with Gasteiger partial charge in [-0.25, -0.2) is 0 Å². The van der Waals surface area contributed by atoms with Gasteiger partial charge in [0.2, 0.25) is 0 Å². The first-order valence-corrected chi connectivity index (χ1v) is 9.18. The minimum Gasteiger partial charge on any atom is -0.454 e. The van der Waals surface area contributed by atoms with Crippen molar-refractivity contribution in [3.63, 3.8) is 0 Å². The Labute approximate surface area is 156 Å². The normalized spacial score (nSPS) is 15.1. The van der Waals surface area contributed by atoms with E-state index in [4.69, 9.17) is 4.42 Å². The molecular formula is C22H19N3O2. The van der Waals surface area contributed by atoms with Gasteiger partial charge in [-0.05, 0) is 42.5 Å². The summed E-state index contributed by atoms with van der Waals surface area (Å²) >= 11 is 0. The van der Waals surface area contributed by atoms with E-state index in [9.17, 15) is 5.21 Å². The molecule has 4 aromatic rings. The van der Waals surface area contributed by atoms with Crippen LogP contribution < -0.4 is 10.3 Å². The Balaban J connectivity index is 1.66. The van der Waals surface area contributed by atoms with E-state index in [1.54, 1.807) is 6.07 Å². The van der Waals surface area contributed by atoms with Crippen LogP contribution in [0.3, 0.4) is 0 Å². The Hall–Kier alpha value is -3.34. The molecule has 0 amide bonds. The first kappa shape index (κ1) is 15.9. The maximum atomic E-state index is 9.58. The highest BCUT2D eigenvalue weighted by molar-refractivity contribution is 5.86. The Bertz CT molecular complexity index is 1210. The first-order valence-electron chi connectivity index (χ1n) is 9.18. The molecule has 0 saturated carbocycles. The average Bonchev–Trinajstić information content (AvgIpc) is 3.27. The molecule has 27 heavy (non-hydrogen) atoms. The van der Waals surface area contributed by atoms with Crippen LogP contribution in [0.1, 0.15) is 12.8 Å². The van der Waals surface area contributed by atoms with Gasteiger partial charge in [0.05, 0.1) is 0 Å². The fraction of sp³-hybridized carbons (Fsp3) is 0.182. The molecule has 5 heteroatoms. The molecule has 1 saturated heterocycles. The SMILES string of the molecule is O/N=c1/cc(-c2cc3ccccc3cn2)oc2ccc(N3CCCC3)cc12. The van der Waals surface area contributed by atoms with Crippen molar-refractivity contribution in [3.8, 4) is 11.5 Å². The van der Waals surface area contributed by atoms with Gasteiger partial charge in [-0.2, -0.15) is 0 Å². The predicted molar refractivity (Wildman–Crippen MR) is 106 cm³/mol. The second-order valence-corrected chi connectivity index (χ2v) is 6.89. The van der Waals surface area contributed by atoms with E-state index < -0.39 is 0 Å². The quantitative estimate of drug-likeness (QED) is 0.423. The lowest BCUT2D eigenvalue weighted by molar-refractivity contribution is 0.302. The van der Waals surface area contributed by atoms with Crippen molar-refractivity contribution in [3.05, 3.63) is 66.2 Å². The Morgan fingerprint density at radius 3 is 2.59 bits per heavy atom. The first-order chi connectivity index (χ1) is 13.3. The molecule has 0 aliphatic carbocycles. The lowest BCUT2D eigenvalue weighted by Gasteiger charge is -2.17.